The van der Waals surface area contributed by atoms with Crippen molar-refractivity contribution < 1.29 is 4.39 Å². The Morgan fingerprint density at radius 1 is 1.11 bits per heavy atom. The van der Waals surface area contributed by atoms with Crippen LogP contribution in [0.1, 0.15) is 18.9 Å². The summed E-state index contributed by atoms with van der Waals surface area (Å²) in [6, 6.07) is 15.5. The van der Waals surface area contributed by atoms with E-state index in [1.165, 1.54) is 11.6 Å². The van der Waals surface area contributed by atoms with Crippen molar-refractivity contribution in [3.8, 4) is 0 Å². The first-order valence-corrected chi connectivity index (χ1v) is 7.24. The molecule has 0 heterocycles. The maximum absolute atomic E-state index is 13.8. The molecule has 2 rings (SSSR count). The molecule has 0 saturated heterocycles. The molecule has 0 aliphatic rings. The summed E-state index contributed by atoms with van der Waals surface area (Å²) in [6.07, 6.45) is 1.83. The zero-order chi connectivity index (χ0) is 13.7. The van der Waals surface area contributed by atoms with E-state index >= 15 is 0 Å². The van der Waals surface area contributed by atoms with E-state index in [0.29, 0.717) is 5.69 Å². The number of halogens is 2. The average molecular weight is 322 g/mol. The van der Waals surface area contributed by atoms with Crippen molar-refractivity contribution in [1.29, 1.82) is 0 Å². The third kappa shape index (κ3) is 3.80. The molecule has 1 atom stereocenters. The Morgan fingerprint density at radius 2 is 1.84 bits per heavy atom. The molecule has 0 spiro atoms. The van der Waals surface area contributed by atoms with Gasteiger partial charge >= 0.3 is 0 Å². The molecule has 0 saturated carbocycles. The van der Waals surface area contributed by atoms with Crippen LogP contribution in [0.5, 0.6) is 0 Å². The van der Waals surface area contributed by atoms with Gasteiger partial charge in [0.15, 0.2) is 0 Å². The van der Waals surface area contributed by atoms with E-state index < -0.39 is 0 Å². The number of hydrogen-bond donors (Lipinski definition) is 1. The second kappa shape index (κ2) is 6.71. The first-order valence-electron chi connectivity index (χ1n) is 6.45. The van der Waals surface area contributed by atoms with E-state index in [0.717, 1.165) is 17.3 Å². The lowest BCUT2D eigenvalue weighted by Gasteiger charge is -2.20. The van der Waals surface area contributed by atoms with E-state index in [1.807, 2.05) is 24.3 Å². The summed E-state index contributed by atoms with van der Waals surface area (Å²) < 4.78 is 14.6. The maximum atomic E-state index is 13.8. The summed E-state index contributed by atoms with van der Waals surface area (Å²) in [7, 11) is 0. The monoisotopic (exact) mass is 321 g/mol. The third-order valence-electron chi connectivity index (χ3n) is 3.13. The van der Waals surface area contributed by atoms with Crippen molar-refractivity contribution in [2.24, 2.45) is 0 Å². The highest BCUT2D eigenvalue weighted by Gasteiger charge is 2.12. The summed E-state index contributed by atoms with van der Waals surface area (Å²) in [6.45, 7) is 2.11. The van der Waals surface area contributed by atoms with Gasteiger partial charge in [-0.1, -0.05) is 43.3 Å². The van der Waals surface area contributed by atoms with Crippen LogP contribution in [-0.4, -0.2) is 6.04 Å². The SMILES string of the molecule is CCC(Cc1ccccc1)Nc1c(F)cccc1Br. The van der Waals surface area contributed by atoms with Crippen LogP contribution in [0.3, 0.4) is 0 Å². The minimum Gasteiger partial charge on any atom is -0.379 e. The lowest BCUT2D eigenvalue weighted by molar-refractivity contribution is 0.618. The predicted octanol–water partition coefficient (Wildman–Crippen LogP) is 5.02. The van der Waals surface area contributed by atoms with Crippen LogP contribution in [0.15, 0.2) is 53.0 Å². The van der Waals surface area contributed by atoms with Crippen LogP contribution < -0.4 is 5.32 Å². The minimum absolute atomic E-state index is 0.218. The van der Waals surface area contributed by atoms with Crippen LogP contribution in [0, 0.1) is 5.82 Å². The molecule has 0 aromatic heterocycles. The molecule has 19 heavy (non-hydrogen) atoms. The summed E-state index contributed by atoms with van der Waals surface area (Å²) in [5, 5.41) is 3.29. The molecule has 0 radical (unpaired) electrons. The fraction of sp³-hybridized carbons (Fsp3) is 0.250. The van der Waals surface area contributed by atoms with Gasteiger partial charge in [-0.3, -0.25) is 0 Å². The predicted molar refractivity (Wildman–Crippen MR) is 81.9 cm³/mol. The standard InChI is InChI=1S/C16H17BrFN/c1-2-13(11-12-7-4-3-5-8-12)19-16-14(17)9-6-10-15(16)18/h3-10,13,19H,2,11H2,1H3. The second-order valence-electron chi connectivity index (χ2n) is 4.54. The van der Waals surface area contributed by atoms with Gasteiger partial charge in [-0.05, 0) is 46.5 Å². The van der Waals surface area contributed by atoms with Crippen LogP contribution >= 0.6 is 15.9 Å². The molecule has 0 aliphatic carbocycles. The van der Waals surface area contributed by atoms with Crippen LogP contribution in [-0.2, 0) is 6.42 Å². The van der Waals surface area contributed by atoms with Gasteiger partial charge in [0.25, 0.3) is 0 Å². The van der Waals surface area contributed by atoms with Crippen LogP contribution in [0.2, 0.25) is 0 Å². The zero-order valence-electron chi connectivity index (χ0n) is 10.9. The van der Waals surface area contributed by atoms with Gasteiger partial charge in [-0.2, -0.15) is 0 Å². The van der Waals surface area contributed by atoms with E-state index in [-0.39, 0.29) is 11.9 Å². The smallest absolute Gasteiger partial charge is 0.147 e. The molecule has 1 unspecified atom stereocenters. The van der Waals surface area contributed by atoms with Crippen molar-refractivity contribution in [3.05, 3.63) is 64.4 Å². The lowest BCUT2D eigenvalue weighted by Crippen LogP contribution is -2.22. The number of para-hydroxylation sites is 1. The molecule has 0 aliphatic heterocycles. The molecule has 100 valence electrons. The maximum Gasteiger partial charge on any atom is 0.147 e. The highest BCUT2D eigenvalue weighted by atomic mass is 79.9. The second-order valence-corrected chi connectivity index (χ2v) is 5.39. The largest absolute Gasteiger partial charge is 0.379 e. The molecular weight excluding hydrogens is 305 g/mol. The molecule has 1 N–H and O–H groups in total. The van der Waals surface area contributed by atoms with E-state index in [1.54, 1.807) is 6.07 Å². The zero-order valence-corrected chi connectivity index (χ0v) is 12.5. The average Bonchev–Trinajstić information content (AvgIpc) is 2.43. The van der Waals surface area contributed by atoms with Crippen molar-refractivity contribution in [2.75, 3.05) is 5.32 Å². The Kier molecular flexibility index (Phi) is 4.97. The normalized spacial score (nSPS) is 12.2. The van der Waals surface area contributed by atoms with Gasteiger partial charge < -0.3 is 5.32 Å². The summed E-state index contributed by atoms with van der Waals surface area (Å²) in [5.41, 5.74) is 1.81. The topological polar surface area (TPSA) is 12.0 Å². The Labute approximate surface area is 122 Å². The van der Waals surface area contributed by atoms with Crippen molar-refractivity contribution in [3.63, 3.8) is 0 Å². The van der Waals surface area contributed by atoms with Crippen molar-refractivity contribution in [1.82, 2.24) is 0 Å². The molecule has 1 nitrogen and oxygen atoms in total. The Hall–Kier alpha value is -1.35. The molecule has 0 bridgehead atoms. The Bertz CT molecular complexity index is 507. The number of rotatable bonds is 5. The molecule has 2 aromatic rings. The van der Waals surface area contributed by atoms with Crippen molar-refractivity contribution >= 4 is 21.6 Å². The van der Waals surface area contributed by atoms with Gasteiger partial charge in [0, 0.05) is 10.5 Å². The van der Waals surface area contributed by atoms with Crippen LogP contribution in [0.25, 0.3) is 0 Å². The van der Waals surface area contributed by atoms with E-state index in [9.17, 15) is 4.39 Å². The Balaban J connectivity index is 2.11. The minimum atomic E-state index is -0.221. The van der Waals surface area contributed by atoms with E-state index in [4.69, 9.17) is 0 Å². The summed E-state index contributed by atoms with van der Waals surface area (Å²) in [4.78, 5) is 0. The van der Waals surface area contributed by atoms with Gasteiger partial charge in [-0.15, -0.1) is 0 Å². The summed E-state index contributed by atoms with van der Waals surface area (Å²) in [5.74, 6) is -0.221. The highest BCUT2D eigenvalue weighted by molar-refractivity contribution is 9.10. The fourth-order valence-electron chi connectivity index (χ4n) is 2.04. The molecule has 2 aromatic carbocycles. The van der Waals surface area contributed by atoms with E-state index in [2.05, 4.69) is 40.3 Å². The number of anilines is 1. The van der Waals surface area contributed by atoms with Gasteiger partial charge in [0.05, 0.1) is 5.69 Å². The molecule has 0 fully saturated rings. The summed E-state index contributed by atoms with van der Waals surface area (Å²) >= 11 is 3.39. The van der Waals surface area contributed by atoms with Crippen molar-refractivity contribution in [2.45, 2.75) is 25.8 Å². The number of benzene rings is 2. The lowest BCUT2D eigenvalue weighted by atomic mass is 10.0. The molecule has 0 amide bonds. The number of nitrogens with one attached hydrogen (secondary N) is 1. The third-order valence-corrected chi connectivity index (χ3v) is 3.79. The number of hydrogen-bond acceptors (Lipinski definition) is 1. The van der Waals surface area contributed by atoms with Gasteiger partial charge in [0.1, 0.15) is 5.82 Å². The Morgan fingerprint density at radius 3 is 2.47 bits per heavy atom. The van der Waals surface area contributed by atoms with Gasteiger partial charge in [0.2, 0.25) is 0 Å². The van der Waals surface area contributed by atoms with Gasteiger partial charge in [-0.25, -0.2) is 4.39 Å². The van der Waals surface area contributed by atoms with Crippen LogP contribution in [0.4, 0.5) is 10.1 Å². The first kappa shape index (κ1) is 14.1. The fourth-order valence-corrected chi connectivity index (χ4v) is 2.49. The highest BCUT2D eigenvalue weighted by Crippen LogP contribution is 2.26. The molecular formula is C16H17BrFN. The quantitative estimate of drug-likeness (QED) is 0.815. The first-order chi connectivity index (χ1) is 9.20. The molecule has 3 heteroatoms.